The van der Waals surface area contributed by atoms with E-state index in [0.29, 0.717) is 13.1 Å². The third-order valence-corrected chi connectivity index (χ3v) is 3.41. The van der Waals surface area contributed by atoms with E-state index >= 15 is 0 Å². The van der Waals surface area contributed by atoms with Crippen molar-refractivity contribution in [2.24, 2.45) is 5.73 Å². The molecule has 112 valence electrons. The van der Waals surface area contributed by atoms with E-state index in [-0.39, 0.29) is 5.91 Å². The molecule has 1 rings (SSSR count). The Morgan fingerprint density at radius 2 is 1.85 bits per heavy atom. The van der Waals surface area contributed by atoms with Gasteiger partial charge in [-0.25, -0.2) is 0 Å². The molecule has 20 heavy (non-hydrogen) atoms. The fourth-order valence-corrected chi connectivity index (χ4v) is 2.29. The van der Waals surface area contributed by atoms with Crippen LogP contribution in [-0.4, -0.2) is 23.9 Å². The second-order valence-electron chi connectivity index (χ2n) is 5.29. The lowest BCUT2D eigenvalue weighted by Gasteiger charge is -2.21. The molecule has 0 aromatic heterocycles. The average Bonchev–Trinajstić information content (AvgIpc) is 2.40. The van der Waals surface area contributed by atoms with Crippen LogP contribution in [0.3, 0.4) is 0 Å². The Hall–Kier alpha value is -1.55. The van der Waals surface area contributed by atoms with E-state index in [1.165, 1.54) is 25.7 Å². The molecule has 4 nitrogen and oxygen atoms in total. The number of carbonyl (C=O) groups excluding carboxylic acids is 1. The first kappa shape index (κ1) is 16.5. The minimum atomic E-state index is -0.284. The highest BCUT2D eigenvalue weighted by Gasteiger charge is 2.10. The summed E-state index contributed by atoms with van der Waals surface area (Å²) in [6.45, 7) is 4.07. The fraction of sp³-hybridized carbons (Fsp3) is 0.562. The van der Waals surface area contributed by atoms with E-state index in [9.17, 15) is 4.79 Å². The largest absolute Gasteiger partial charge is 0.398 e. The van der Waals surface area contributed by atoms with Gasteiger partial charge in [-0.3, -0.25) is 9.69 Å². The van der Waals surface area contributed by atoms with Gasteiger partial charge in [0.05, 0.1) is 6.54 Å². The number of rotatable bonds is 10. The summed E-state index contributed by atoms with van der Waals surface area (Å²) in [5.74, 6) is -0.284. The molecule has 4 heteroatoms. The lowest BCUT2D eigenvalue weighted by molar-refractivity contribution is -0.119. The quantitative estimate of drug-likeness (QED) is 0.510. The summed E-state index contributed by atoms with van der Waals surface area (Å²) in [7, 11) is 0. The van der Waals surface area contributed by atoms with Gasteiger partial charge in [-0.2, -0.15) is 0 Å². The van der Waals surface area contributed by atoms with Gasteiger partial charge in [0.1, 0.15) is 0 Å². The first-order valence-corrected chi connectivity index (χ1v) is 7.47. The van der Waals surface area contributed by atoms with Crippen LogP contribution in [0.25, 0.3) is 0 Å². The number of hydrogen-bond acceptors (Lipinski definition) is 3. The number of hydrogen-bond donors (Lipinski definition) is 2. The molecule has 0 unspecified atom stereocenters. The number of nitrogens with two attached hydrogens (primary N) is 2. The van der Waals surface area contributed by atoms with Crippen LogP contribution < -0.4 is 11.5 Å². The molecule has 0 saturated heterocycles. The van der Waals surface area contributed by atoms with Gasteiger partial charge < -0.3 is 11.5 Å². The molecule has 0 heterocycles. The number of amides is 1. The molecular formula is C16H27N3O. The Kier molecular flexibility index (Phi) is 7.73. The third kappa shape index (κ3) is 6.57. The van der Waals surface area contributed by atoms with Crippen LogP contribution >= 0.6 is 0 Å². The smallest absolute Gasteiger partial charge is 0.231 e. The zero-order chi connectivity index (χ0) is 14.8. The predicted octanol–water partition coefficient (Wildman–Crippen LogP) is 2.53. The van der Waals surface area contributed by atoms with E-state index < -0.39 is 0 Å². The summed E-state index contributed by atoms with van der Waals surface area (Å²) in [6.07, 6.45) is 6.08. The van der Waals surface area contributed by atoms with Gasteiger partial charge in [0.25, 0.3) is 0 Å². The van der Waals surface area contributed by atoms with Crippen LogP contribution in [-0.2, 0) is 11.3 Å². The Morgan fingerprint density at radius 3 is 2.50 bits per heavy atom. The maximum atomic E-state index is 11.2. The highest BCUT2D eigenvalue weighted by atomic mass is 16.1. The Morgan fingerprint density at radius 1 is 1.15 bits per heavy atom. The zero-order valence-corrected chi connectivity index (χ0v) is 12.5. The number of benzene rings is 1. The molecule has 0 saturated carbocycles. The van der Waals surface area contributed by atoms with Gasteiger partial charge in [-0.15, -0.1) is 0 Å². The molecule has 0 fully saturated rings. The normalized spacial score (nSPS) is 10.9. The van der Waals surface area contributed by atoms with Crippen LogP contribution in [0.5, 0.6) is 0 Å². The van der Waals surface area contributed by atoms with Crippen LogP contribution in [0.2, 0.25) is 0 Å². The molecule has 0 atom stereocenters. The fourth-order valence-electron chi connectivity index (χ4n) is 2.29. The van der Waals surface area contributed by atoms with Gasteiger partial charge in [0, 0.05) is 12.2 Å². The molecule has 0 radical (unpaired) electrons. The first-order valence-electron chi connectivity index (χ1n) is 7.47. The van der Waals surface area contributed by atoms with Crippen molar-refractivity contribution in [2.45, 2.75) is 45.6 Å². The van der Waals surface area contributed by atoms with Crippen LogP contribution in [0.4, 0.5) is 5.69 Å². The molecule has 0 spiro atoms. The molecule has 1 aromatic rings. The zero-order valence-electron chi connectivity index (χ0n) is 12.5. The molecule has 0 bridgehead atoms. The Labute approximate surface area is 122 Å². The van der Waals surface area contributed by atoms with Gasteiger partial charge in [0.2, 0.25) is 5.91 Å². The first-order chi connectivity index (χ1) is 9.63. The number of nitrogen functional groups attached to an aromatic ring is 1. The molecule has 0 aliphatic rings. The minimum absolute atomic E-state index is 0.284. The van der Waals surface area contributed by atoms with Gasteiger partial charge >= 0.3 is 0 Å². The second-order valence-corrected chi connectivity index (χ2v) is 5.29. The standard InChI is InChI=1S/C16H27N3O/c1-2-3-4-5-8-11-19(13-16(18)20)12-14-9-6-7-10-15(14)17/h6-7,9-10H,2-5,8,11-13,17H2,1H3,(H2,18,20). The van der Waals surface area contributed by atoms with E-state index in [0.717, 1.165) is 24.2 Å². The summed E-state index contributed by atoms with van der Waals surface area (Å²) in [4.78, 5) is 13.3. The van der Waals surface area contributed by atoms with Gasteiger partial charge in [-0.05, 0) is 24.6 Å². The van der Waals surface area contributed by atoms with Gasteiger partial charge in [-0.1, -0.05) is 50.8 Å². The predicted molar refractivity (Wildman–Crippen MR) is 84.1 cm³/mol. The van der Waals surface area contributed by atoms with Crippen LogP contribution in [0.1, 0.15) is 44.6 Å². The number of anilines is 1. The maximum Gasteiger partial charge on any atom is 0.231 e. The molecule has 4 N–H and O–H groups in total. The maximum absolute atomic E-state index is 11.2. The number of nitrogens with zero attached hydrogens (tertiary/aromatic N) is 1. The van der Waals surface area contributed by atoms with Crippen molar-refractivity contribution in [3.05, 3.63) is 29.8 Å². The second kappa shape index (κ2) is 9.37. The van der Waals surface area contributed by atoms with Crippen molar-refractivity contribution >= 4 is 11.6 Å². The molecule has 0 aliphatic heterocycles. The summed E-state index contributed by atoms with van der Waals surface area (Å²) in [6, 6.07) is 7.77. The SMILES string of the molecule is CCCCCCCN(CC(N)=O)Cc1ccccc1N. The van der Waals surface area contributed by atoms with Crippen LogP contribution in [0, 0.1) is 0 Å². The summed E-state index contributed by atoms with van der Waals surface area (Å²) in [5.41, 5.74) is 13.1. The van der Waals surface area contributed by atoms with Crippen molar-refractivity contribution in [3.8, 4) is 0 Å². The number of unbranched alkanes of at least 4 members (excludes halogenated alkanes) is 4. The topological polar surface area (TPSA) is 72.3 Å². The highest BCUT2D eigenvalue weighted by Crippen LogP contribution is 2.14. The van der Waals surface area contributed by atoms with Crippen molar-refractivity contribution in [1.29, 1.82) is 0 Å². The number of carbonyl (C=O) groups is 1. The Balaban J connectivity index is 2.47. The summed E-state index contributed by atoms with van der Waals surface area (Å²) >= 11 is 0. The van der Waals surface area contributed by atoms with E-state index in [4.69, 9.17) is 11.5 Å². The summed E-state index contributed by atoms with van der Waals surface area (Å²) in [5, 5.41) is 0. The molecular weight excluding hydrogens is 250 g/mol. The summed E-state index contributed by atoms with van der Waals surface area (Å²) < 4.78 is 0. The highest BCUT2D eigenvalue weighted by molar-refractivity contribution is 5.75. The lowest BCUT2D eigenvalue weighted by atomic mass is 10.1. The monoisotopic (exact) mass is 277 g/mol. The van der Waals surface area contributed by atoms with E-state index in [1.807, 2.05) is 24.3 Å². The molecule has 1 aromatic carbocycles. The molecule has 1 amide bonds. The minimum Gasteiger partial charge on any atom is -0.398 e. The Bertz CT molecular complexity index is 406. The van der Waals surface area contributed by atoms with Crippen molar-refractivity contribution in [1.82, 2.24) is 4.90 Å². The van der Waals surface area contributed by atoms with E-state index in [2.05, 4.69) is 11.8 Å². The lowest BCUT2D eigenvalue weighted by Crippen LogP contribution is -2.34. The van der Waals surface area contributed by atoms with Crippen molar-refractivity contribution in [3.63, 3.8) is 0 Å². The van der Waals surface area contributed by atoms with E-state index in [1.54, 1.807) is 0 Å². The number of primary amides is 1. The number of para-hydroxylation sites is 1. The molecule has 0 aliphatic carbocycles. The third-order valence-electron chi connectivity index (χ3n) is 3.41. The van der Waals surface area contributed by atoms with Crippen LogP contribution in [0.15, 0.2) is 24.3 Å². The average molecular weight is 277 g/mol. The van der Waals surface area contributed by atoms with Crippen molar-refractivity contribution in [2.75, 3.05) is 18.8 Å². The van der Waals surface area contributed by atoms with Crippen molar-refractivity contribution < 1.29 is 4.79 Å². The van der Waals surface area contributed by atoms with Gasteiger partial charge in [0.15, 0.2) is 0 Å².